The number of benzene rings is 4. The quantitative estimate of drug-likeness (QED) is 0.227. The summed E-state index contributed by atoms with van der Waals surface area (Å²) >= 11 is 0. The number of likely N-dealkylation sites (tertiary alicyclic amines) is 2. The molecule has 2 saturated heterocycles. The van der Waals surface area contributed by atoms with Crippen LogP contribution in [0.3, 0.4) is 0 Å². The molecule has 0 bridgehead atoms. The van der Waals surface area contributed by atoms with E-state index in [4.69, 9.17) is 0 Å². The second-order valence-corrected chi connectivity index (χ2v) is 13.9. The van der Waals surface area contributed by atoms with E-state index >= 15 is 0 Å². The highest BCUT2D eigenvalue weighted by atomic mass is 16.2. The third-order valence-electron chi connectivity index (χ3n) is 10.3. The molecule has 0 spiro atoms. The maximum absolute atomic E-state index is 13.4. The molecule has 9 nitrogen and oxygen atoms in total. The largest absolute Gasteiger partial charge is 0.330 e. The molecule has 2 N–H and O–H groups in total. The third-order valence-corrected chi connectivity index (χ3v) is 10.3. The van der Waals surface area contributed by atoms with Crippen molar-refractivity contribution in [2.75, 3.05) is 30.3 Å². The van der Waals surface area contributed by atoms with Crippen LogP contribution in [-0.4, -0.2) is 70.0 Å². The Morgan fingerprint density at radius 1 is 0.569 bits per heavy atom. The molecule has 2 atom stereocenters. The molecule has 4 aromatic carbocycles. The molecule has 3 aliphatic heterocycles. The zero-order valence-electron chi connectivity index (χ0n) is 28.9. The van der Waals surface area contributed by atoms with Gasteiger partial charge in [-0.15, -0.1) is 0 Å². The van der Waals surface area contributed by atoms with Gasteiger partial charge >= 0.3 is 0 Å². The normalized spacial score (nSPS) is 18.7. The fraction of sp³-hybridized carbons (Fsp3) is 0.333. The van der Waals surface area contributed by atoms with E-state index < -0.39 is 12.1 Å². The summed E-state index contributed by atoms with van der Waals surface area (Å²) in [6.45, 7) is 3.55. The van der Waals surface area contributed by atoms with Gasteiger partial charge in [0.1, 0.15) is 12.1 Å². The molecule has 7 rings (SSSR count). The number of carbonyl (C=O) groups is 4. The zero-order valence-corrected chi connectivity index (χ0v) is 28.9. The first-order valence-corrected chi connectivity index (χ1v) is 18.1. The molecule has 0 radical (unpaired) electrons. The van der Waals surface area contributed by atoms with Crippen molar-refractivity contribution >= 4 is 35.0 Å². The van der Waals surface area contributed by atoms with Crippen LogP contribution in [0.5, 0.6) is 0 Å². The van der Waals surface area contributed by atoms with Gasteiger partial charge in [0.15, 0.2) is 0 Å². The number of nitrogens with one attached hydrogen (secondary N) is 2. The Hall–Kier alpha value is -5.28. The number of rotatable bonds is 10. The van der Waals surface area contributed by atoms with Crippen molar-refractivity contribution in [3.05, 3.63) is 131 Å². The maximum atomic E-state index is 13.4. The molecule has 0 aromatic heterocycles. The minimum absolute atomic E-state index is 0.0157. The SMILES string of the molecule is O=C(Nc1cccc(CN2CCc3ccc(NC(=O)[C@@H]4CCCN4C(=O)Cc4ccccc4)cc3C2)c1)[C@@H]1CCCN1C(=O)Cc1ccccc1. The predicted molar refractivity (Wildman–Crippen MR) is 198 cm³/mol. The van der Waals surface area contributed by atoms with E-state index in [0.29, 0.717) is 45.3 Å². The van der Waals surface area contributed by atoms with E-state index in [1.165, 1.54) is 11.1 Å². The standard InChI is InChI=1S/C42H45N5O4/c48-39(25-30-10-3-1-4-11-30)46-21-8-16-37(46)41(50)43-35-15-7-14-32(24-35)28-45-23-20-33-18-19-36(27-34(33)29-45)44-42(51)38-17-9-22-47(38)40(49)26-31-12-5-2-6-13-31/h1-7,10-15,18-19,24,27,37-38H,8-9,16-17,20-23,25-26,28-29H2,(H,43,50)(H,44,51)/t37-,38-/m0/s1. The molecule has 3 heterocycles. The molecule has 3 aliphatic rings. The van der Waals surface area contributed by atoms with E-state index in [9.17, 15) is 19.2 Å². The molecule has 0 aliphatic carbocycles. The Labute approximate surface area is 299 Å². The van der Waals surface area contributed by atoms with Gasteiger partial charge in [-0.3, -0.25) is 24.1 Å². The molecule has 0 saturated carbocycles. The van der Waals surface area contributed by atoms with E-state index in [0.717, 1.165) is 60.4 Å². The average molecular weight is 684 g/mol. The summed E-state index contributed by atoms with van der Waals surface area (Å²) in [6.07, 6.45) is 4.44. The summed E-state index contributed by atoms with van der Waals surface area (Å²) in [5, 5.41) is 6.18. The van der Waals surface area contributed by atoms with Crippen LogP contribution in [-0.2, 0) is 51.5 Å². The fourth-order valence-corrected chi connectivity index (χ4v) is 7.70. The van der Waals surface area contributed by atoms with E-state index in [1.54, 1.807) is 9.80 Å². The van der Waals surface area contributed by atoms with Crippen molar-refractivity contribution in [2.24, 2.45) is 0 Å². The highest BCUT2D eigenvalue weighted by Crippen LogP contribution is 2.27. The fourth-order valence-electron chi connectivity index (χ4n) is 7.70. The predicted octanol–water partition coefficient (Wildman–Crippen LogP) is 5.59. The van der Waals surface area contributed by atoms with Crippen molar-refractivity contribution in [3.8, 4) is 0 Å². The molecule has 4 amide bonds. The smallest absolute Gasteiger partial charge is 0.247 e. The number of fused-ring (bicyclic) bond motifs is 1. The Morgan fingerprint density at radius 2 is 1.12 bits per heavy atom. The summed E-state index contributed by atoms with van der Waals surface area (Å²) < 4.78 is 0. The summed E-state index contributed by atoms with van der Waals surface area (Å²) in [6, 6.07) is 32.5. The van der Waals surface area contributed by atoms with Crippen LogP contribution in [0, 0.1) is 0 Å². The lowest BCUT2D eigenvalue weighted by Crippen LogP contribution is -2.43. The van der Waals surface area contributed by atoms with Gasteiger partial charge in [0.25, 0.3) is 0 Å². The number of hydrogen-bond donors (Lipinski definition) is 2. The molecular weight excluding hydrogens is 638 g/mol. The van der Waals surface area contributed by atoms with Gasteiger partial charge in [-0.25, -0.2) is 0 Å². The highest BCUT2D eigenvalue weighted by molar-refractivity contribution is 5.98. The molecular formula is C42H45N5O4. The van der Waals surface area contributed by atoms with Gasteiger partial charge in [-0.05, 0) is 84.2 Å². The van der Waals surface area contributed by atoms with E-state index in [2.05, 4.69) is 33.7 Å². The third kappa shape index (κ3) is 8.37. The van der Waals surface area contributed by atoms with Crippen molar-refractivity contribution in [2.45, 2.75) is 70.1 Å². The monoisotopic (exact) mass is 683 g/mol. The first kappa shape index (κ1) is 34.2. The van der Waals surface area contributed by atoms with Gasteiger partial charge in [-0.2, -0.15) is 0 Å². The molecule has 2 fully saturated rings. The van der Waals surface area contributed by atoms with Crippen LogP contribution in [0.2, 0.25) is 0 Å². The van der Waals surface area contributed by atoms with Gasteiger partial charge in [-0.1, -0.05) is 78.9 Å². The first-order chi connectivity index (χ1) is 24.9. The van der Waals surface area contributed by atoms with Crippen LogP contribution >= 0.6 is 0 Å². The summed E-state index contributed by atoms with van der Waals surface area (Å²) in [4.78, 5) is 58.8. The van der Waals surface area contributed by atoms with E-state index in [1.807, 2.05) is 84.9 Å². The van der Waals surface area contributed by atoms with Crippen molar-refractivity contribution in [1.82, 2.24) is 14.7 Å². The lowest BCUT2D eigenvalue weighted by atomic mass is 9.98. The van der Waals surface area contributed by atoms with Gasteiger partial charge < -0.3 is 20.4 Å². The van der Waals surface area contributed by atoms with Crippen LogP contribution in [0.4, 0.5) is 11.4 Å². The lowest BCUT2D eigenvalue weighted by molar-refractivity contribution is -0.136. The second kappa shape index (κ2) is 15.7. The number of amides is 4. The zero-order chi connectivity index (χ0) is 35.2. The van der Waals surface area contributed by atoms with Crippen molar-refractivity contribution in [3.63, 3.8) is 0 Å². The minimum Gasteiger partial charge on any atom is -0.330 e. The molecule has 262 valence electrons. The minimum atomic E-state index is -0.468. The number of carbonyl (C=O) groups excluding carboxylic acids is 4. The highest BCUT2D eigenvalue weighted by Gasteiger charge is 2.35. The molecule has 4 aromatic rings. The Morgan fingerprint density at radius 3 is 1.71 bits per heavy atom. The maximum Gasteiger partial charge on any atom is 0.247 e. The Bertz CT molecular complexity index is 1880. The topological polar surface area (TPSA) is 102 Å². The molecule has 51 heavy (non-hydrogen) atoms. The van der Waals surface area contributed by atoms with Crippen LogP contribution < -0.4 is 10.6 Å². The molecule has 0 unspecified atom stereocenters. The first-order valence-electron chi connectivity index (χ1n) is 18.1. The van der Waals surface area contributed by atoms with E-state index in [-0.39, 0.29) is 23.6 Å². The number of hydrogen-bond acceptors (Lipinski definition) is 5. The van der Waals surface area contributed by atoms with Gasteiger partial charge in [0.2, 0.25) is 23.6 Å². The summed E-state index contributed by atoms with van der Waals surface area (Å²) in [5.41, 5.74) is 6.91. The van der Waals surface area contributed by atoms with Gasteiger partial charge in [0.05, 0.1) is 12.8 Å². The number of nitrogens with zero attached hydrogens (tertiary/aromatic N) is 3. The second-order valence-electron chi connectivity index (χ2n) is 13.9. The Balaban J connectivity index is 0.937. The van der Waals surface area contributed by atoms with Crippen molar-refractivity contribution < 1.29 is 19.2 Å². The van der Waals surface area contributed by atoms with Crippen LogP contribution in [0.25, 0.3) is 0 Å². The number of anilines is 2. The van der Waals surface area contributed by atoms with Crippen molar-refractivity contribution in [1.29, 1.82) is 0 Å². The van der Waals surface area contributed by atoms with Gasteiger partial charge in [0, 0.05) is 44.1 Å². The molecule has 9 heteroatoms. The lowest BCUT2D eigenvalue weighted by Gasteiger charge is -2.29. The average Bonchev–Trinajstić information content (AvgIpc) is 3.84. The summed E-state index contributed by atoms with van der Waals surface area (Å²) in [7, 11) is 0. The van der Waals surface area contributed by atoms with Crippen LogP contribution in [0.1, 0.15) is 53.5 Å². The van der Waals surface area contributed by atoms with Crippen LogP contribution in [0.15, 0.2) is 103 Å². The Kier molecular flexibility index (Phi) is 10.5. The summed E-state index contributed by atoms with van der Waals surface area (Å²) in [5.74, 6) is -0.316.